The van der Waals surface area contributed by atoms with Crippen LogP contribution in [-0.4, -0.2) is 11.3 Å². The molecule has 2 heteroatoms. The molecule has 0 aliphatic carbocycles. The number of rotatable bonds is 3. The van der Waals surface area contributed by atoms with Gasteiger partial charge in [-0.1, -0.05) is 18.2 Å². The summed E-state index contributed by atoms with van der Waals surface area (Å²) in [5.41, 5.74) is 7.15. The Morgan fingerprint density at radius 3 is 2.46 bits per heavy atom. The van der Waals surface area contributed by atoms with Gasteiger partial charge in [0.15, 0.2) is 0 Å². The van der Waals surface area contributed by atoms with E-state index in [0.717, 1.165) is 5.75 Å². The molecule has 0 atom stereocenters. The largest absolute Gasteiger partial charge is 0.325 e. The van der Waals surface area contributed by atoms with E-state index in [-0.39, 0.29) is 5.54 Å². The zero-order chi connectivity index (χ0) is 9.90. The van der Waals surface area contributed by atoms with E-state index >= 15 is 0 Å². The standard InChI is InChI=1S/C11H17NS/c1-9-6-4-5-7-10(9)13-8-11(2,3)12/h4-7H,8,12H2,1-3H3. The molecule has 0 aromatic heterocycles. The summed E-state index contributed by atoms with van der Waals surface area (Å²) >= 11 is 1.83. The lowest BCUT2D eigenvalue weighted by Crippen LogP contribution is -2.34. The molecule has 1 nitrogen and oxygen atoms in total. The zero-order valence-electron chi connectivity index (χ0n) is 8.50. The van der Waals surface area contributed by atoms with Crippen LogP contribution in [0.1, 0.15) is 19.4 Å². The minimum absolute atomic E-state index is 0.0903. The van der Waals surface area contributed by atoms with Gasteiger partial charge in [-0.25, -0.2) is 0 Å². The van der Waals surface area contributed by atoms with Crippen molar-refractivity contribution in [2.45, 2.75) is 31.2 Å². The highest BCUT2D eigenvalue weighted by atomic mass is 32.2. The fourth-order valence-corrected chi connectivity index (χ4v) is 1.98. The van der Waals surface area contributed by atoms with Crippen LogP contribution >= 0.6 is 11.8 Å². The van der Waals surface area contributed by atoms with Crippen molar-refractivity contribution in [2.75, 3.05) is 5.75 Å². The van der Waals surface area contributed by atoms with E-state index in [1.165, 1.54) is 10.5 Å². The maximum absolute atomic E-state index is 5.91. The molecule has 0 radical (unpaired) electrons. The van der Waals surface area contributed by atoms with Crippen LogP contribution in [0.4, 0.5) is 0 Å². The molecule has 0 spiro atoms. The van der Waals surface area contributed by atoms with Gasteiger partial charge in [0.05, 0.1) is 0 Å². The summed E-state index contributed by atoms with van der Waals surface area (Å²) < 4.78 is 0. The highest BCUT2D eigenvalue weighted by molar-refractivity contribution is 7.99. The molecule has 2 N–H and O–H groups in total. The SMILES string of the molecule is Cc1ccccc1SCC(C)(C)N. The van der Waals surface area contributed by atoms with Gasteiger partial charge in [-0.2, -0.15) is 0 Å². The van der Waals surface area contributed by atoms with Gasteiger partial charge in [0.2, 0.25) is 0 Å². The molecule has 0 saturated carbocycles. The second kappa shape index (κ2) is 4.16. The smallest absolute Gasteiger partial charge is 0.0192 e. The van der Waals surface area contributed by atoms with Crippen LogP contribution in [0.5, 0.6) is 0 Å². The van der Waals surface area contributed by atoms with Crippen LogP contribution in [0, 0.1) is 6.92 Å². The molecule has 72 valence electrons. The number of hydrogen-bond acceptors (Lipinski definition) is 2. The first-order chi connectivity index (χ1) is 5.99. The van der Waals surface area contributed by atoms with Crippen molar-refractivity contribution in [3.05, 3.63) is 29.8 Å². The van der Waals surface area contributed by atoms with Gasteiger partial charge in [-0.15, -0.1) is 11.8 Å². The molecule has 0 fully saturated rings. The van der Waals surface area contributed by atoms with Crippen LogP contribution in [0.3, 0.4) is 0 Å². The van der Waals surface area contributed by atoms with Crippen molar-refractivity contribution in [2.24, 2.45) is 5.73 Å². The van der Waals surface area contributed by atoms with Gasteiger partial charge in [0, 0.05) is 16.2 Å². The Morgan fingerprint density at radius 2 is 1.92 bits per heavy atom. The molecule has 1 aromatic rings. The Morgan fingerprint density at radius 1 is 1.31 bits per heavy atom. The van der Waals surface area contributed by atoms with Gasteiger partial charge in [-0.05, 0) is 32.4 Å². The zero-order valence-corrected chi connectivity index (χ0v) is 9.32. The minimum Gasteiger partial charge on any atom is -0.325 e. The second-order valence-electron chi connectivity index (χ2n) is 4.04. The molecule has 0 heterocycles. The highest BCUT2D eigenvalue weighted by Gasteiger charge is 2.11. The van der Waals surface area contributed by atoms with Gasteiger partial charge in [0.1, 0.15) is 0 Å². The van der Waals surface area contributed by atoms with E-state index in [1.807, 2.05) is 11.8 Å². The highest BCUT2D eigenvalue weighted by Crippen LogP contribution is 2.24. The fourth-order valence-electron chi connectivity index (χ4n) is 0.982. The van der Waals surface area contributed by atoms with E-state index in [0.29, 0.717) is 0 Å². The minimum atomic E-state index is -0.0903. The summed E-state index contributed by atoms with van der Waals surface area (Å²) in [6.07, 6.45) is 0. The predicted molar refractivity (Wildman–Crippen MR) is 60.2 cm³/mol. The Balaban J connectivity index is 2.60. The summed E-state index contributed by atoms with van der Waals surface area (Å²) in [7, 11) is 0. The fraction of sp³-hybridized carbons (Fsp3) is 0.455. The first-order valence-corrected chi connectivity index (χ1v) is 5.45. The van der Waals surface area contributed by atoms with Crippen LogP contribution in [0.25, 0.3) is 0 Å². The Hall–Kier alpha value is -0.470. The number of nitrogens with two attached hydrogens (primary N) is 1. The molecule has 13 heavy (non-hydrogen) atoms. The Kier molecular flexibility index (Phi) is 3.40. The normalized spacial score (nSPS) is 11.7. The summed E-state index contributed by atoms with van der Waals surface area (Å²) in [5, 5.41) is 0. The van der Waals surface area contributed by atoms with E-state index in [1.54, 1.807) is 0 Å². The molecule has 0 aliphatic rings. The molecule has 1 aromatic carbocycles. The molecule has 0 amide bonds. The number of hydrogen-bond donors (Lipinski definition) is 1. The van der Waals surface area contributed by atoms with E-state index in [4.69, 9.17) is 5.73 Å². The topological polar surface area (TPSA) is 26.0 Å². The predicted octanol–water partition coefficient (Wildman–Crippen LogP) is 2.82. The molecule has 1 rings (SSSR count). The average molecular weight is 195 g/mol. The number of benzene rings is 1. The van der Waals surface area contributed by atoms with E-state index in [2.05, 4.69) is 45.0 Å². The Labute approximate surface area is 84.7 Å². The monoisotopic (exact) mass is 195 g/mol. The van der Waals surface area contributed by atoms with E-state index in [9.17, 15) is 0 Å². The van der Waals surface area contributed by atoms with E-state index < -0.39 is 0 Å². The first kappa shape index (κ1) is 10.6. The van der Waals surface area contributed by atoms with Crippen molar-refractivity contribution in [1.82, 2.24) is 0 Å². The van der Waals surface area contributed by atoms with Crippen LogP contribution in [0.2, 0.25) is 0 Å². The third kappa shape index (κ3) is 3.83. The van der Waals surface area contributed by atoms with Crippen molar-refractivity contribution in [3.63, 3.8) is 0 Å². The second-order valence-corrected chi connectivity index (χ2v) is 5.06. The number of aryl methyl sites for hydroxylation is 1. The maximum atomic E-state index is 5.91. The lowest BCUT2D eigenvalue weighted by Gasteiger charge is -2.18. The van der Waals surface area contributed by atoms with Gasteiger partial charge < -0.3 is 5.73 Å². The van der Waals surface area contributed by atoms with Gasteiger partial charge in [-0.3, -0.25) is 0 Å². The van der Waals surface area contributed by atoms with Crippen LogP contribution < -0.4 is 5.73 Å². The number of thioether (sulfide) groups is 1. The lowest BCUT2D eigenvalue weighted by molar-refractivity contribution is 0.591. The summed E-state index contributed by atoms with van der Waals surface area (Å²) in [6, 6.07) is 8.41. The third-order valence-electron chi connectivity index (χ3n) is 1.69. The van der Waals surface area contributed by atoms with Gasteiger partial charge >= 0.3 is 0 Å². The van der Waals surface area contributed by atoms with Crippen molar-refractivity contribution in [1.29, 1.82) is 0 Å². The first-order valence-electron chi connectivity index (χ1n) is 4.46. The maximum Gasteiger partial charge on any atom is 0.0192 e. The molecule has 0 bridgehead atoms. The van der Waals surface area contributed by atoms with Crippen molar-refractivity contribution in [3.8, 4) is 0 Å². The summed E-state index contributed by atoms with van der Waals surface area (Å²) in [6.45, 7) is 6.24. The molecule has 0 unspecified atom stereocenters. The summed E-state index contributed by atoms with van der Waals surface area (Å²) in [5.74, 6) is 0.956. The van der Waals surface area contributed by atoms with Crippen molar-refractivity contribution >= 4 is 11.8 Å². The van der Waals surface area contributed by atoms with Crippen LogP contribution in [-0.2, 0) is 0 Å². The van der Waals surface area contributed by atoms with Crippen molar-refractivity contribution < 1.29 is 0 Å². The average Bonchev–Trinajstić information content (AvgIpc) is 2.01. The molecule has 0 saturated heterocycles. The third-order valence-corrected chi connectivity index (χ3v) is 3.35. The Bertz CT molecular complexity index is 276. The summed E-state index contributed by atoms with van der Waals surface area (Å²) in [4.78, 5) is 1.33. The molecular weight excluding hydrogens is 178 g/mol. The van der Waals surface area contributed by atoms with Crippen LogP contribution in [0.15, 0.2) is 29.2 Å². The molecular formula is C11H17NS. The molecule has 0 aliphatic heterocycles. The van der Waals surface area contributed by atoms with Gasteiger partial charge in [0.25, 0.3) is 0 Å². The quantitative estimate of drug-likeness (QED) is 0.751. The lowest BCUT2D eigenvalue weighted by atomic mass is 10.1.